The van der Waals surface area contributed by atoms with Crippen LogP contribution in [0.4, 0.5) is 4.39 Å². The molecule has 1 saturated heterocycles. The summed E-state index contributed by atoms with van der Waals surface area (Å²) in [5, 5.41) is 4.18. The van der Waals surface area contributed by atoms with E-state index in [2.05, 4.69) is 5.32 Å². The molecule has 2 aromatic carbocycles. The lowest BCUT2D eigenvalue weighted by atomic mass is 10.1. The van der Waals surface area contributed by atoms with Crippen LogP contribution in [0.2, 0.25) is 0 Å². The van der Waals surface area contributed by atoms with Crippen LogP contribution in [0, 0.1) is 5.82 Å². The molecule has 1 N–H and O–H groups in total. The molecule has 152 valence electrons. The van der Waals surface area contributed by atoms with Gasteiger partial charge in [0.05, 0.1) is 25.3 Å². The number of nitrogens with zero attached hydrogens (tertiary/aromatic N) is 1. The second kappa shape index (κ2) is 8.76. The van der Waals surface area contributed by atoms with Gasteiger partial charge in [0.2, 0.25) is 0 Å². The van der Waals surface area contributed by atoms with Gasteiger partial charge in [-0.1, -0.05) is 18.2 Å². The third-order valence-electron chi connectivity index (χ3n) is 5.37. The lowest BCUT2D eigenvalue weighted by Crippen LogP contribution is -2.31. The number of benzene rings is 2. The molecule has 2 heterocycles. The standard InChI is InChI=1S/C23H25FN2O3/c1-28-22-7-3-2-5-17(22)13-25-14-18-11-16-8-9-19(24)12-21(16)26(23(18)27)15-20-6-4-10-29-20/h2-3,5,7-9,11-12,20,25H,4,6,10,13-15H2,1H3/t20-/m0/s1. The smallest absolute Gasteiger partial charge is 0.255 e. The van der Waals surface area contributed by atoms with Crippen molar-refractivity contribution >= 4 is 10.9 Å². The Morgan fingerprint density at radius 2 is 2.00 bits per heavy atom. The summed E-state index contributed by atoms with van der Waals surface area (Å²) in [5.41, 5.74) is 2.18. The minimum atomic E-state index is -0.347. The third kappa shape index (κ3) is 4.33. The number of para-hydroxylation sites is 1. The number of fused-ring (bicyclic) bond motifs is 1. The Bertz CT molecular complexity index is 1060. The zero-order valence-electron chi connectivity index (χ0n) is 16.5. The largest absolute Gasteiger partial charge is 0.496 e. The topological polar surface area (TPSA) is 52.5 Å². The minimum absolute atomic E-state index is 0.00374. The molecule has 1 aliphatic rings. The lowest BCUT2D eigenvalue weighted by molar-refractivity contribution is 0.0971. The van der Waals surface area contributed by atoms with Crippen LogP contribution in [0.25, 0.3) is 10.9 Å². The van der Waals surface area contributed by atoms with Crippen molar-refractivity contribution in [3.8, 4) is 5.75 Å². The van der Waals surface area contributed by atoms with E-state index in [-0.39, 0.29) is 17.5 Å². The fraction of sp³-hybridized carbons (Fsp3) is 0.348. The maximum atomic E-state index is 13.9. The molecule has 1 aromatic heterocycles. The Hall–Kier alpha value is -2.70. The van der Waals surface area contributed by atoms with Crippen LogP contribution in [-0.2, 0) is 24.4 Å². The second-order valence-electron chi connectivity index (χ2n) is 7.34. The number of ether oxygens (including phenoxy) is 2. The van der Waals surface area contributed by atoms with Gasteiger partial charge < -0.3 is 19.4 Å². The van der Waals surface area contributed by atoms with E-state index in [1.807, 2.05) is 30.3 Å². The molecule has 3 aromatic rings. The molecule has 0 radical (unpaired) electrons. The van der Waals surface area contributed by atoms with E-state index in [1.165, 1.54) is 12.1 Å². The van der Waals surface area contributed by atoms with Gasteiger partial charge in [-0.15, -0.1) is 0 Å². The molecule has 0 amide bonds. The van der Waals surface area contributed by atoms with Gasteiger partial charge in [-0.25, -0.2) is 4.39 Å². The van der Waals surface area contributed by atoms with E-state index in [0.717, 1.165) is 29.5 Å². The minimum Gasteiger partial charge on any atom is -0.496 e. The summed E-state index contributed by atoms with van der Waals surface area (Å²) >= 11 is 0. The lowest BCUT2D eigenvalue weighted by Gasteiger charge is -2.17. The van der Waals surface area contributed by atoms with Gasteiger partial charge in [-0.05, 0) is 48.6 Å². The summed E-state index contributed by atoms with van der Waals surface area (Å²) < 4.78 is 26.6. The third-order valence-corrected chi connectivity index (χ3v) is 5.37. The predicted octanol–water partition coefficient (Wildman–Crippen LogP) is 3.62. The number of pyridine rings is 1. The van der Waals surface area contributed by atoms with E-state index < -0.39 is 0 Å². The molecule has 29 heavy (non-hydrogen) atoms. The quantitative estimate of drug-likeness (QED) is 0.663. The second-order valence-corrected chi connectivity index (χ2v) is 7.34. The van der Waals surface area contributed by atoms with E-state index in [4.69, 9.17) is 9.47 Å². The van der Waals surface area contributed by atoms with Gasteiger partial charge in [0, 0.05) is 30.8 Å². The highest BCUT2D eigenvalue weighted by Gasteiger charge is 2.19. The Kier molecular flexibility index (Phi) is 5.92. The molecule has 0 saturated carbocycles. The van der Waals surface area contributed by atoms with Crippen molar-refractivity contribution in [1.82, 2.24) is 9.88 Å². The Morgan fingerprint density at radius 3 is 2.79 bits per heavy atom. The number of nitrogens with one attached hydrogen (secondary N) is 1. The van der Waals surface area contributed by atoms with E-state index in [1.54, 1.807) is 17.7 Å². The molecule has 4 rings (SSSR count). The molecular weight excluding hydrogens is 371 g/mol. The summed E-state index contributed by atoms with van der Waals surface area (Å²) in [6, 6.07) is 14.2. The van der Waals surface area contributed by atoms with Crippen molar-refractivity contribution in [2.75, 3.05) is 13.7 Å². The number of methoxy groups -OCH3 is 1. The Balaban J connectivity index is 1.61. The Morgan fingerprint density at radius 1 is 1.17 bits per heavy atom. The molecule has 0 aliphatic carbocycles. The zero-order valence-corrected chi connectivity index (χ0v) is 16.5. The van der Waals surface area contributed by atoms with Crippen molar-refractivity contribution in [3.05, 3.63) is 75.8 Å². The molecule has 0 bridgehead atoms. The molecule has 1 fully saturated rings. The SMILES string of the molecule is COc1ccccc1CNCc1cc2ccc(F)cc2n(C[C@@H]2CCCO2)c1=O. The van der Waals surface area contributed by atoms with Gasteiger partial charge in [-0.3, -0.25) is 4.79 Å². The highest BCUT2D eigenvalue weighted by molar-refractivity contribution is 5.79. The van der Waals surface area contributed by atoms with Crippen LogP contribution in [0.5, 0.6) is 5.75 Å². The predicted molar refractivity (Wildman–Crippen MR) is 111 cm³/mol. The van der Waals surface area contributed by atoms with Crippen LogP contribution in [-0.4, -0.2) is 24.4 Å². The van der Waals surface area contributed by atoms with E-state index in [9.17, 15) is 9.18 Å². The van der Waals surface area contributed by atoms with Crippen LogP contribution in [0.3, 0.4) is 0 Å². The van der Waals surface area contributed by atoms with Crippen LogP contribution in [0.1, 0.15) is 24.0 Å². The monoisotopic (exact) mass is 396 g/mol. The number of aromatic nitrogens is 1. The number of halogens is 1. The fourth-order valence-corrected chi connectivity index (χ4v) is 3.89. The molecule has 0 unspecified atom stereocenters. The van der Waals surface area contributed by atoms with Crippen molar-refractivity contribution in [2.24, 2.45) is 0 Å². The first-order valence-corrected chi connectivity index (χ1v) is 9.92. The number of hydrogen-bond donors (Lipinski definition) is 1. The summed E-state index contributed by atoms with van der Waals surface area (Å²) in [4.78, 5) is 13.2. The number of rotatable bonds is 7. The maximum absolute atomic E-state index is 13.9. The summed E-state index contributed by atoms with van der Waals surface area (Å²) in [7, 11) is 1.64. The number of hydrogen-bond acceptors (Lipinski definition) is 4. The summed E-state index contributed by atoms with van der Waals surface area (Å²) in [6.45, 7) is 2.15. The molecule has 5 nitrogen and oxygen atoms in total. The maximum Gasteiger partial charge on any atom is 0.255 e. The van der Waals surface area contributed by atoms with Crippen LogP contribution < -0.4 is 15.6 Å². The van der Waals surface area contributed by atoms with Crippen molar-refractivity contribution in [1.29, 1.82) is 0 Å². The van der Waals surface area contributed by atoms with Gasteiger partial charge in [0.1, 0.15) is 11.6 Å². The average molecular weight is 396 g/mol. The Labute approximate surface area is 169 Å². The fourth-order valence-electron chi connectivity index (χ4n) is 3.89. The van der Waals surface area contributed by atoms with Crippen LogP contribution >= 0.6 is 0 Å². The summed E-state index contributed by atoms with van der Waals surface area (Å²) in [5.74, 6) is 0.463. The van der Waals surface area contributed by atoms with Gasteiger partial charge in [0.15, 0.2) is 0 Å². The van der Waals surface area contributed by atoms with Crippen molar-refractivity contribution in [2.45, 2.75) is 38.6 Å². The molecule has 6 heteroatoms. The first-order valence-electron chi connectivity index (χ1n) is 9.92. The molecule has 0 spiro atoms. The zero-order chi connectivity index (χ0) is 20.2. The van der Waals surface area contributed by atoms with Crippen molar-refractivity contribution < 1.29 is 13.9 Å². The van der Waals surface area contributed by atoms with Gasteiger partial charge in [-0.2, -0.15) is 0 Å². The first kappa shape index (κ1) is 19.6. The normalized spacial score (nSPS) is 16.4. The molecule has 1 atom stereocenters. The van der Waals surface area contributed by atoms with Gasteiger partial charge >= 0.3 is 0 Å². The van der Waals surface area contributed by atoms with Crippen LogP contribution in [0.15, 0.2) is 53.3 Å². The highest BCUT2D eigenvalue weighted by atomic mass is 19.1. The molecule has 1 aliphatic heterocycles. The van der Waals surface area contributed by atoms with E-state index in [0.29, 0.717) is 37.3 Å². The summed E-state index contributed by atoms with van der Waals surface area (Å²) in [6.07, 6.45) is 1.90. The first-order chi connectivity index (χ1) is 14.2. The highest BCUT2D eigenvalue weighted by Crippen LogP contribution is 2.20. The van der Waals surface area contributed by atoms with E-state index >= 15 is 0 Å². The average Bonchev–Trinajstić information content (AvgIpc) is 3.25. The van der Waals surface area contributed by atoms with Crippen molar-refractivity contribution in [3.63, 3.8) is 0 Å². The van der Waals surface area contributed by atoms with Gasteiger partial charge in [0.25, 0.3) is 5.56 Å². The molecular formula is C23H25FN2O3.